The van der Waals surface area contributed by atoms with Crippen LogP contribution in [0.3, 0.4) is 0 Å². The third-order valence-electron chi connectivity index (χ3n) is 3.39. The van der Waals surface area contributed by atoms with Crippen molar-refractivity contribution in [2.24, 2.45) is 5.92 Å². The molecule has 2 rings (SSSR count). The van der Waals surface area contributed by atoms with Crippen LogP contribution in [0.4, 0.5) is 10.8 Å². The van der Waals surface area contributed by atoms with Gasteiger partial charge in [0.05, 0.1) is 13.2 Å². The number of ether oxygens (including phenoxy) is 2. The van der Waals surface area contributed by atoms with Crippen LogP contribution in [-0.2, 0) is 9.47 Å². The van der Waals surface area contributed by atoms with Crippen molar-refractivity contribution >= 4 is 28.3 Å². The molecule has 0 aliphatic carbocycles. The molecule has 1 atom stereocenters. The van der Waals surface area contributed by atoms with Gasteiger partial charge in [0.1, 0.15) is 10.6 Å². The summed E-state index contributed by atoms with van der Waals surface area (Å²) in [4.78, 5) is 14.2. The van der Waals surface area contributed by atoms with Gasteiger partial charge < -0.3 is 20.1 Å². The monoisotopic (exact) mass is 299 g/mol. The van der Waals surface area contributed by atoms with Crippen molar-refractivity contribution in [2.45, 2.75) is 19.8 Å². The maximum atomic E-state index is 12.0. The zero-order valence-corrected chi connectivity index (χ0v) is 12.7. The fourth-order valence-electron chi connectivity index (χ4n) is 2.53. The number of nitrogen functional groups attached to an aromatic ring is 1. The van der Waals surface area contributed by atoms with Crippen LogP contribution in [0.1, 0.15) is 30.1 Å². The Hall–Kier alpha value is -1.34. The van der Waals surface area contributed by atoms with E-state index in [1.165, 1.54) is 11.5 Å². The minimum Gasteiger partial charge on any atom is -0.462 e. The van der Waals surface area contributed by atoms with E-state index in [9.17, 15) is 4.79 Å². The molecule has 6 nitrogen and oxygen atoms in total. The van der Waals surface area contributed by atoms with E-state index in [0.717, 1.165) is 37.5 Å². The molecule has 0 bridgehead atoms. The first kappa shape index (κ1) is 15.1. The lowest BCUT2D eigenvalue weighted by Crippen LogP contribution is -2.37. The largest absolute Gasteiger partial charge is 0.462 e. The van der Waals surface area contributed by atoms with E-state index in [0.29, 0.717) is 18.1 Å². The Kier molecular flexibility index (Phi) is 5.19. The molecule has 112 valence electrons. The van der Waals surface area contributed by atoms with Crippen LogP contribution in [-0.4, -0.2) is 43.8 Å². The number of methoxy groups -OCH3 is 1. The summed E-state index contributed by atoms with van der Waals surface area (Å²) in [5, 5.41) is 0.821. The summed E-state index contributed by atoms with van der Waals surface area (Å²) < 4.78 is 14.4. The number of carbonyl (C=O) groups excluding carboxylic acids is 1. The standard InChI is InChI=1S/C13H21N3O3S/c1-3-19-13(17)10-11(14)15-20-12(10)16-6-4-5-9(7-16)8-18-2/h9H,3-8H2,1-2H3,(H2,14,15). The number of esters is 1. The van der Waals surface area contributed by atoms with Crippen LogP contribution in [0.5, 0.6) is 0 Å². The molecule has 0 aromatic carbocycles. The number of hydrogen-bond acceptors (Lipinski definition) is 7. The summed E-state index contributed by atoms with van der Waals surface area (Å²) in [6.07, 6.45) is 2.22. The Bertz CT molecular complexity index is 462. The molecule has 1 fully saturated rings. The number of nitrogens with zero attached hydrogens (tertiary/aromatic N) is 2. The molecule has 7 heteroatoms. The molecule has 1 aliphatic heterocycles. The van der Waals surface area contributed by atoms with Gasteiger partial charge in [-0.1, -0.05) is 0 Å². The first-order chi connectivity index (χ1) is 9.67. The van der Waals surface area contributed by atoms with Gasteiger partial charge in [0.25, 0.3) is 0 Å². The number of aromatic nitrogens is 1. The van der Waals surface area contributed by atoms with Gasteiger partial charge in [-0.3, -0.25) is 0 Å². The number of rotatable bonds is 5. The van der Waals surface area contributed by atoms with Crippen molar-refractivity contribution in [3.63, 3.8) is 0 Å². The van der Waals surface area contributed by atoms with E-state index in [1.807, 2.05) is 0 Å². The number of hydrogen-bond donors (Lipinski definition) is 1. The van der Waals surface area contributed by atoms with Gasteiger partial charge in [-0.25, -0.2) is 4.79 Å². The van der Waals surface area contributed by atoms with E-state index in [4.69, 9.17) is 15.2 Å². The summed E-state index contributed by atoms with van der Waals surface area (Å²) in [7, 11) is 1.72. The fourth-order valence-corrected chi connectivity index (χ4v) is 3.36. The van der Waals surface area contributed by atoms with E-state index in [-0.39, 0.29) is 11.8 Å². The van der Waals surface area contributed by atoms with E-state index < -0.39 is 0 Å². The number of anilines is 2. The smallest absolute Gasteiger partial charge is 0.345 e. The second-order valence-electron chi connectivity index (χ2n) is 4.88. The van der Waals surface area contributed by atoms with Crippen LogP contribution >= 0.6 is 11.5 Å². The maximum absolute atomic E-state index is 12.0. The molecular weight excluding hydrogens is 278 g/mol. The highest BCUT2D eigenvalue weighted by atomic mass is 32.1. The topological polar surface area (TPSA) is 77.7 Å². The number of piperidine rings is 1. The SMILES string of the molecule is CCOC(=O)c1c(N)nsc1N1CCCC(COC)C1. The van der Waals surface area contributed by atoms with Crippen molar-refractivity contribution in [1.29, 1.82) is 0 Å². The minimum atomic E-state index is -0.386. The van der Waals surface area contributed by atoms with Crippen molar-refractivity contribution in [3.8, 4) is 0 Å². The summed E-state index contributed by atoms with van der Waals surface area (Å²) >= 11 is 1.27. The van der Waals surface area contributed by atoms with Gasteiger partial charge in [-0.05, 0) is 37.2 Å². The van der Waals surface area contributed by atoms with Gasteiger partial charge in [0, 0.05) is 20.2 Å². The number of carbonyl (C=O) groups is 1. The highest BCUT2D eigenvalue weighted by Gasteiger charge is 2.28. The molecule has 0 radical (unpaired) electrons. The lowest BCUT2D eigenvalue weighted by atomic mass is 9.99. The Balaban J connectivity index is 2.17. The van der Waals surface area contributed by atoms with E-state index in [2.05, 4.69) is 9.27 Å². The minimum absolute atomic E-state index is 0.261. The summed E-state index contributed by atoms with van der Waals surface area (Å²) in [6.45, 7) is 4.62. The molecule has 1 unspecified atom stereocenters. The molecule has 2 heterocycles. The summed E-state index contributed by atoms with van der Waals surface area (Å²) in [6, 6.07) is 0. The van der Waals surface area contributed by atoms with E-state index >= 15 is 0 Å². The van der Waals surface area contributed by atoms with Gasteiger partial charge >= 0.3 is 5.97 Å². The highest BCUT2D eigenvalue weighted by molar-refractivity contribution is 7.11. The predicted octanol–water partition coefficient (Wildman–Crippen LogP) is 1.76. The Morgan fingerprint density at radius 2 is 2.40 bits per heavy atom. The van der Waals surface area contributed by atoms with Crippen molar-refractivity contribution < 1.29 is 14.3 Å². The van der Waals surface area contributed by atoms with Crippen molar-refractivity contribution in [3.05, 3.63) is 5.56 Å². The third kappa shape index (κ3) is 3.21. The average Bonchev–Trinajstić information content (AvgIpc) is 2.82. The molecule has 1 aromatic rings. The summed E-state index contributed by atoms with van der Waals surface area (Å²) in [5.41, 5.74) is 6.23. The van der Waals surface area contributed by atoms with Crippen LogP contribution in [0, 0.1) is 5.92 Å². The molecule has 1 aliphatic rings. The van der Waals surface area contributed by atoms with Gasteiger partial charge in [-0.15, -0.1) is 0 Å². The first-order valence-corrected chi connectivity index (χ1v) is 7.60. The molecule has 1 saturated heterocycles. The van der Waals surface area contributed by atoms with Crippen LogP contribution < -0.4 is 10.6 Å². The lowest BCUT2D eigenvalue weighted by Gasteiger charge is -2.33. The van der Waals surface area contributed by atoms with Gasteiger partial charge in [0.15, 0.2) is 5.82 Å². The van der Waals surface area contributed by atoms with Crippen molar-refractivity contribution in [1.82, 2.24) is 4.37 Å². The van der Waals surface area contributed by atoms with Crippen LogP contribution in [0.2, 0.25) is 0 Å². The van der Waals surface area contributed by atoms with Crippen LogP contribution in [0.25, 0.3) is 0 Å². The quantitative estimate of drug-likeness (QED) is 0.835. The number of nitrogens with two attached hydrogens (primary N) is 1. The lowest BCUT2D eigenvalue weighted by molar-refractivity contribution is 0.0528. The molecule has 2 N–H and O–H groups in total. The molecule has 0 spiro atoms. The van der Waals surface area contributed by atoms with Gasteiger partial charge in [0.2, 0.25) is 0 Å². The third-order valence-corrected chi connectivity index (χ3v) is 4.31. The summed E-state index contributed by atoms with van der Waals surface area (Å²) in [5.74, 6) is 0.354. The second kappa shape index (κ2) is 6.90. The Labute approximate surface area is 123 Å². The second-order valence-corrected chi connectivity index (χ2v) is 5.63. The predicted molar refractivity (Wildman–Crippen MR) is 79.3 cm³/mol. The first-order valence-electron chi connectivity index (χ1n) is 6.83. The Morgan fingerprint density at radius 1 is 1.60 bits per heavy atom. The molecular formula is C13H21N3O3S. The maximum Gasteiger partial charge on any atom is 0.345 e. The van der Waals surface area contributed by atoms with E-state index in [1.54, 1.807) is 14.0 Å². The van der Waals surface area contributed by atoms with Crippen molar-refractivity contribution in [2.75, 3.05) is 44.0 Å². The fraction of sp³-hybridized carbons (Fsp3) is 0.692. The van der Waals surface area contributed by atoms with Gasteiger partial charge in [-0.2, -0.15) is 4.37 Å². The molecule has 0 saturated carbocycles. The molecule has 0 amide bonds. The molecule has 1 aromatic heterocycles. The zero-order chi connectivity index (χ0) is 14.5. The average molecular weight is 299 g/mol. The normalized spacial score (nSPS) is 19.1. The zero-order valence-electron chi connectivity index (χ0n) is 11.9. The molecule has 20 heavy (non-hydrogen) atoms. The Morgan fingerprint density at radius 3 is 3.10 bits per heavy atom. The van der Waals surface area contributed by atoms with Crippen LogP contribution in [0.15, 0.2) is 0 Å². The highest BCUT2D eigenvalue weighted by Crippen LogP contribution is 2.34.